The third-order valence-electron chi connectivity index (χ3n) is 5.63. The second-order valence-electron chi connectivity index (χ2n) is 8.56. The number of rotatable bonds is 6. The van der Waals surface area contributed by atoms with E-state index in [0.717, 1.165) is 0 Å². The van der Waals surface area contributed by atoms with Crippen LogP contribution in [-0.4, -0.2) is 67.1 Å². The number of nitrogens with zero attached hydrogens (tertiary/aromatic N) is 1. The Morgan fingerprint density at radius 1 is 1.03 bits per heavy atom. The number of fused-ring (bicyclic) bond motifs is 1. The molecule has 2 aromatic carbocycles. The predicted octanol–water partition coefficient (Wildman–Crippen LogP) is 2.48. The van der Waals surface area contributed by atoms with Crippen molar-refractivity contribution in [2.75, 3.05) is 26.7 Å². The SMILES string of the molecule is CN(C[C@]12CO[C@H](CNC(=O)c3ccccc3)[C@H]1OC(C)(C)O2)C(=O)c1ccccc1. The van der Waals surface area contributed by atoms with Gasteiger partial charge in [0.05, 0.1) is 13.2 Å². The van der Waals surface area contributed by atoms with Crippen molar-refractivity contribution in [3.05, 3.63) is 71.8 Å². The highest BCUT2D eigenvalue weighted by Crippen LogP contribution is 2.43. The molecule has 1 N–H and O–H groups in total. The first kappa shape index (κ1) is 21.5. The molecule has 0 unspecified atom stereocenters. The summed E-state index contributed by atoms with van der Waals surface area (Å²) in [5.41, 5.74) is 0.399. The van der Waals surface area contributed by atoms with Gasteiger partial charge in [0.1, 0.15) is 17.8 Å². The van der Waals surface area contributed by atoms with Crippen molar-refractivity contribution in [1.82, 2.24) is 10.2 Å². The Balaban J connectivity index is 1.45. The lowest BCUT2D eigenvalue weighted by Crippen LogP contribution is -2.52. The van der Waals surface area contributed by atoms with E-state index in [1.807, 2.05) is 50.2 Å². The van der Waals surface area contributed by atoms with Crippen molar-refractivity contribution >= 4 is 11.8 Å². The summed E-state index contributed by atoms with van der Waals surface area (Å²) in [5.74, 6) is -1.08. The molecule has 2 saturated heterocycles. The summed E-state index contributed by atoms with van der Waals surface area (Å²) in [6, 6.07) is 18.2. The van der Waals surface area contributed by atoms with E-state index < -0.39 is 17.5 Å². The third-order valence-corrected chi connectivity index (χ3v) is 5.63. The minimum absolute atomic E-state index is 0.0946. The van der Waals surface area contributed by atoms with Crippen LogP contribution in [0.25, 0.3) is 0 Å². The topological polar surface area (TPSA) is 77.1 Å². The van der Waals surface area contributed by atoms with Gasteiger partial charge >= 0.3 is 0 Å². The Hall–Kier alpha value is -2.74. The number of hydrogen-bond acceptors (Lipinski definition) is 5. The van der Waals surface area contributed by atoms with Gasteiger partial charge in [-0.2, -0.15) is 0 Å². The molecule has 0 aromatic heterocycles. The highest BCUT2D eigenvalue weighted by molar-refractivity contribution is 5.94. The van der Waals surface area contributed by atoms with E-state index >= 15 is 0 Å². The van der Waals surface area contributed by atoms with Gasteiger partial charge in [-0.25, -0.2) is 0 Å². The molecule has 164 valence electrons. The molecule has 0 bridgehead atoms. The lowest BCUT2D eigenvalue weighted by Gasteiger charge is -2.31. The molecular weight excluding hydrogens is 396 g/mol. The maximum atomic E-state index is 12.9. The maximum Gasteiger partial charge on any atom is 0.253 e. The maximum absolute atomic E-state index is 12.9. The molecule has 2 fully saturated rings. The second kappa shape index (κ2) is 8.42. The number of ether oxygens (including phenoxy) is 3. The van der Waals surface area contributed by atoms with Crippen molar-refractivity contribution in [2.24, 2.45) is 0 Å². The first-order valence-corrected chi connectivity index (χ1v) is 10.4. The largest absolute Gasteiger partial charge is 0.370 e. The fourth-order valence-electron chi connectivity index (χ4n) is 4.34. The van der Waals surface area contributed by atoms with Gasteiger partial charge in [0, 0.05) is 24.7 Å². The molecule has 2 heterocycles. The van der Waals surface area contributed by atoms with Gasteiger partial charge in [-0.1, -0.05) is 36.4 Å². The van der Waals surface area contributed by atoms with Crippen molar-refractivity contribution in [1.29, 1.82) is 0 Å². The van der Waals surface area contributed by atoms with Crippen molar-refractivity contribution < 1.29 is 23.8 Å². The van der Waals surface area contributed by atoms with E-state index in [-0.39, 0.29) is 31.1 Å². The number of carbonyl (C=O) groups is 2. The van der Waals surface area contributed by atoms with Crippen LogP contribution in [0.5, 0.6) is 0 Å². The molecular formula is C24H28N2O5. The smallest absolute Gasteiger partial charge is 0.253 e. The zero-order chi connectivity index (χ0) is 22.1. The zero-order valence-corrected chi connectivity index (χ0v) is 18.0. The zero-order valence-electron chi connectivity index (χ0n) is 18.0. The Kier molecular flexibility index (Phi) is 5.83. The molecule has 0 saturated carbocycles. The number of nitrogens with one attached hydrogen (secondary N) is 1. The molecule has 0 spiro atoms. The summed E-state index contributed by atoms with van der Waals surface area (Å²) in [6.07, 6.45) is -0.792. The Bertz CT molecular complexity index is 934. The third kappa shape index (κ3) is 4.49. The van der Waals surface area contributed by atoms with E-state index in [0.29, 0.717) is 17.7 Å². The van der Waals surface area contributed by atoms with Crippen LogP contribution in [0.15, 0.2) is 60.7 Å². The molecule has 31 heavy (non-hydrogen) atoms. The molecule has 7 nitrogen and oxygen atoms in total. The van der Waals surface area contributed by atoms with Crippen molar-refractivity contribution in [3.8, 4) is 0 Å². The average molecular weight is 424 g/mol. The first-order valence-electron chi connectivity index (χ1n) is 10.4. The highest BCUT2D eigenvalue weighted by Gasteiger charge is 2.61. The highest BCUT2D eigenvalue weighted by atomic mass is 16.8. The van der Waals surface area contributed by atoms with Gasteiger partial charge in [-0.15, -0.1) is 0 Å². The Morgan fingerprint density at radius 2 is 1.65 bits per heavy atom. The standard InChI is InChI=1S/C24H28N2O5/c1-23(2)30-20-19(14-25-21(27)17-10-6-4-7-11-17)29-16-24(20,31-23)15-26(3)22(28)18-12-8-5-9-13-18/h4-13,19-20H,14-16H2,1-3H3,(H,25,27)/t19-,20-,24+/m1/s1. The lowest BCUT2D eigenvalue weighted by atomic mass is 9.95. The van der Waals surface area contributed by atoms with E-state index in [1.54, 1.807) is 36.2 Å². The van der Waals surface area contributed by atoms with Crippen molar-refractivity contribution in [3.63, 3.8) is 0 Å². The summed E-state index contributed by atoms with van der Waals surface area (Å²) in [7, 11) is 1.75. The minimum atomic E-state index is -0.813. The molecule has 3 atom stereocenters. The van der Waals surface area contributed by atoms with E-state index in [2.05, 4.69) is 5.32 Å². The molecule has 2 aliphatic rings. The van der Waals surface area contributed by atoms with Gasteiger partial charge < -0.3 is 24.4 Å². The van der Waals surface area contributed by atoms with E-state index in [4.69, 9.17) is 14.2 Å². The van der Waals surface area contributed by atoms with Gasteiger partial charge in [-0.3, -0.25) is 9.59 Å². The van der Waals surface area contributed by atoms with Crippen LogP contribution in [-0.2, 0) is 14.2 Å². The number of carbonyl (C=O) groups excluding carboxylic acids is 2. The van der Waals surface area contributed by atoms with Crippen LogP contribution < -0.4 is 5.32 Å². The molecule has 0 radical (unpaired) electrons. The Labute approximate surface area is 182 Å². The van der Waals surface area contributed by atoms with Crippen LogP contribution >= 0.6 is 0 Å². The number of amides is 2. The second-order valence-corrected chi connectivity index (χ2v) is 8.56. The lowest BCUT2D eigenvalue weighted by molar-refractivity contribution is -0.190. The molecule has 2 amide bonds. The summed E-state index contributed by atoms with van der Waals surface area (Å²) in [6.45, 7) is 4.59. The average Bonchev–Trinajstić information content (AvgIpc) is 3.21. The summed E-state index contributed by atoms with van der Waals surface area (Å²) in [4.78, 5) is 26.9. The summed E-state index contributed by atoms with van der Waals surface area (Å²) < 4.78 is 18.4. The predicted molar refractivity (Wildman–Crippen MR) is 115 cm³/mol. The van der Waals surface area contributed by atoms with Crippen LogP contribution in [0, 0.1) is 0 Å². The fourth-order valence-corrected chi connectivity index (χ4v) is 4.34. The van der Waals surface area contributed by atoms with Gasteiger partial charge in [-0.05, 0) is 38.1 Å². The molecule has 4 rings (SSSR count). The minimum Gasteiger partial charge on any atom is -0.370 e. The first-order chi connectivity index (χ1) is 14.8. The Morgan fingerprint density at radius 3 is 2.29 bits per heavy atom. The van der Waals surface area contributed by atoms with Gasteiger partial charge in [0.25, 0.3) is 11.8 Å². The van der Waals surface area contributed by atoms with Gasteiger partial charge in [0.15, 0.2) is 5.79 Å². The fraction of sp³-hybridized carbons (Fsp3) is 0.417. The monoisotopic (exact) mass is 424 g/mol. The molecule has 2 aromatic rings. The van der Waals surface area contributed by atoms with Crippen molar-refractivity contribution in [2.45, 2.75) is 37.4 Å². The molecule has 7 heteroatoms. The van der Waals surface area contributed by atoms with E-state index in [9.17, 15) is 9.59 Å². The number of hydrogen-bond donors (Lipinski definition) is 1. The number of benzene rings is 2. The van der Waals surface area contributed by atoms with Crippen LogP contribution in [0.4, 0.5) is 0 Å². The normalized spacial score (nSPS) is 26.3. The molecule has 0 aliphatic carbocycles. The van der Waals surface area contributed by atoms with E-state index in [1.165, 1.54) is 0 Å². The van der Waals surface area contributed by atoms with Crippen LogP contribution in [0.1, 0.15) is 34.6 Å². The molecule has 2 aliphatic heterocycles. The summed E-state index contributed by atoms with van der Waals surface area (Å²) in [5, 5.41) is 2.92. The quantitative estimate of drug-likeness (QED) is 0.771. The summed E-state index contributed by atoms with van der Waals surface area (Å²) >= 11 is 0. The van der Waals surface area contributed by atoms with Gasteiger partial charge in [0.2, 0.25) is 0 Å². The van der Waals surface area contributed by atoms with Crippen LogP contribution in [0.3, 0.4) is 0 Å². The number of likely N-dealkylation sites (N-methyl/N-ethyl adjacent to an activating group) is 1. The van der Waals surface area contributed by atoms with Crippen LogP contribution in [0.2, 0.25) is 0 Å².